The molecule has 150 valence electrons. The van der Waals surface area contributed by atoms with E-state index in [9.17, 15) is 18.0 Å². The third kappa shape index (κ3) is 5.90. The van der Waals surface area contributed by atoms with E-state index in [-0.39, 0.29) is 11.5 Å². The normalized spacial score (nSPS) is 13.4. The van der Waals surface area contributed by atoms with Crippen molar-refractivity contribution in [3.63, 3.8) is 0 Å². The number of benzene rings is 2. The summed E-state index contributed by atoms with van der Waals surface area (Å²) in [4.78, 5) is 24.4. The molecule has 0 spiro atoms. The summed E-state index contributed by atoms with van der Waals surface area (Å²) in [5.41, 5.74) is 1.54. The molecule has 0 saturated carbocycles. The molecule has 0 aromatic heterocycles. The first-order valence-corrected chi connectivity index (χ1v) is 10.4. The van der Waals surface area contributed by atoms with Gasteiger partial charge in [-0.25, -0.2) is 13.6 Å². The summed E-state index contributed by atoms with van der Waals surface area (Å²) in [6.07, 6.45) is 0.567. The molecule has 7 nitrogen and oxygen atoms in total. The van der Waals surface area contributed by atoms with Crippen LogP contribution in [-0.4, -0.2) is 26.9 Å². The van der Waals surface area contributed by atoms with Gasteiger partial charge in [0.05, 0.1) is 16.9 Å². The van der Waals surface area contributed by atoms with Crippen molar-refractivity contribution in [2.75, 3.05) is 6.61 Å². The van der Waals surface area contributed by atoms with E-state index < -0.39 is 33.9 Å². The summed E-state index contributed by atoms with van der Waals surface area (Å²) in [6.45, 7) is 3.23. The zero-order valence-corrected chi connectivity index (χ0v) is 16.6. The predicted molar refractivity (Wildman–Crippen MR) is 105 cm³/mol. The molecule has 0 aliphatic carbocycles. The summed E-state index contributed by atoms with van der Waals surface area (Å²) in [7, 11) is -3.77. The van der Waals surface area contributed by atoms with Crippen LogP contribution in [-0.2, 0) is 24.3 Å². The van der Waals surface area contributed by atoms with Crippen LogP contribution in [0.3, 0.4) is 0 Å². The lowest BCUT2D eigenvalue weighted by Gasteiger charge is -2.17. The minimum atomic E-state index is -3.77. The van der Waals surface area contributed by atoms with Crippen LogP contribution in [0, 0.1) is 0 Å². The van der Waals surface area contributed by atoms with E-state index in [1.165, 1.54) is 12.1 Å². The highest BCUT2D eigenvalue weighted by Gasteiger charge is 2.21. The average molecular weight is 404 g/mol. The van der Waals surface area contributed by atoms with Gasteiger partial charge >= 0.3 is 5.97 Å². The lowest BCUT2D eigenvalue weighted by Crippen LogP contribution is -2.32. The SMILES string of the molecule is CC[C@@H](C(=O)OCC(=O)N[C@H](C)c1ccc(S(N)(=O)=O)cc1)c1ccccc1. The second-order valence-corrected chi connectivity index (χ2v) is 7.94. The van der Waals surface area contributed by atoms with Gasteiger partial charge in [0.15, 0.2) is 6.61 Å². The largest absolute Gasteiger partial charge is 0.455 e. The first-order chi connectivity index (χ1) is 13.2. The van der Waals surface area contributed by atoms with Crippen LogP contribution >= 0.6 is 0 Å². The van der Waals surface area contributed by atoms with Crippen LogP contribution in [0.5, 0.6) is 0 Å². The Hall–Kier alpha value is -2.71. The number of hydrogen-bond donors (Lipinski definition) is 2. The predicted octanol–water partition coefficient (Wildman–Crippen LogP) is 2.25. The maximum atomic E-state index is 12.3. The van der Waals surface area contributed by atoms with Crippen LogP contribution in [0.1, 0.15) is 43.4 Å². The zero-order valence-electron chi connectivity index (χ0n) is 15.8. The molecular formula is C20H24N2O5S. The Bertz CT molecular complexity index is 911. The zero-order chi connectivity index (χ0) is 20.7. The third-order valence-electron chi connectivity index (χ3n) is 4.33. The Labute approximate surface area is 164 Å². The number of sulfonamides is 1. The summed E-state index contributed by atoms with van der Waals surface area (Å²) < 4.78 is 27.7. The van der Waals surface area contributed by atoms with E-state index in [1.54, 1.807) is 19.1 Å². The van der Waals surface area contributed by atoms with Crippen LogP contribution in [0.25, 0.3) is 0 Å². The van der Waals surface area contributed by atoms with E-state index in [2.05, 4.69) is 5.32 Å². The maximum absolute atomic E-state index is 12.3. The number of nitrogens with two attached hydrogens (primary N) is 1. The van der Waals surface area contributed by atoms with Crippen molar-refractivity contribution in [2.24, 2.45) is 5.14 Å². The van der Waals surface area contributed by atoms with E-state index >= 15 is 0 Å². The van der Waals surface area contributed by atoms with Gasteiger partial charge in [0.2, 0.25) is 10.0 Å². The topological polar surface area (TPSA) is 116 Å². The van der Waals surface area contributed by atoms with Gasteiger partial charge in [0.25, 0.3) is 5.91 Å². The van der Waals surface area contributed by atoms with E-state index in [1.807, 2.05) is 37.3 Å². The van der Waals surface area contributed by atoms with E-state index in [4.69, 9.17) is 9.88 Å². The number of primary sulfonamides is 1. The smallest absolute Gasteiger partial charge is 0.313 e. The molecule has 0 aliphatic heterocycles. The monoisotopic (exact) mass is 404 g/mol. The molecule has 1 amide bonds. The van der Waals surface area contributed by atoms with E-state index in [0.29, 0.717) is 12.0 Å². The quantitative estimate of drug-likeness (QED) is 0.655. The van der Waals surface area contributed by atoms with Crippen LogP contribution < -0.4 is 10.5 Å². The maximum Gasteiger partial charge on any atom is 0.313 e. The lowest BCUT2D eigenvalue weighted by atomic mass is 9.97. The number of rotatable bonds is 8. The number of esters is 1. The number of carbonyl (C=O) groups excluding carboxylic acids is 2. The second kappa shape index (κ2) is 9.48. The van der Waals surface area contributed by atoms with Gasteiger partial charge in [0, 0.05) is 0 Å². The molecule has 3 N–H and O–H groups in total. The molecule has 8 heteroatoms. The molecule has 2 aromatic rings. The fraction of sp³-hybridized carbons (Fsp3) is 0.300. The Morgan fingerprint density at radius 3 is 2.18 bits per heavy atom. The molecule has 0 aliphatic rings. The molecule has 0 fully saturated rings. The molecule has 0 radical (unpaired) electrons. The fourth-order valence-corrected chi connectivity index (χ4v) is 3.29. The van der Waals surface area contributed by atoms with Gasteiger partial charge < -0.3 is 10.1 Å². The second-order valence-electron chi connectivity index (χ2n) is 6.38. The van der Waals surface area contributed by atoms with Crippen molar-refractivity contribution < 1.29 is 22.7 Å². The molecule has 0 saturated heterocycles. The van der Waals surface area contributed by atoms with Gasteiger partial charge in [-0.05, 0) is 36.6 Å². The highest BCUT2D eigenvalue weighted by molar-refractivity contribution is 7.89. The molecule has 2 atom stereocenters. The Morgan fingerprint density at radius 1 is 1.04 bits per heavy atom. The van der Waals surface area contributed by atoms with Gasteiger partial charge in [-0.3, -0.25) is 9.59 Å². The summed E-state index contributed by atoms with van der Waals surface area (Å²) in [6, 6.07) is 14.8. The number of carbonyl (C=O) groups is 2. The molecule has 2 aromatic carbocycles. The summed E-state index contributed by atoms with van der Waals surface area (Å²) in [5, 5.41) is 7.77. The molecular weight excluding hydrogens is 380 g/mol. The lowest BCUT2D eigenvalue weighted by molar-refractivity contribution is -0.150. The van der Waals surface area contributed by atoms with Crippen LogP contribution in [0.15, 0.2) is 59.5 Å². The van der Waals surface area contributed by atoms with Gasteiger partial charge in [-0.1, -0.05) is 49.4 Å². The summed E-state index contributed by atoms with van der Waals surface area (Å²) in [5.74, 6) is -1.31. The average Bonchev–Trinajstić information content (AvgIpc) is 2.67. The van der Waals surface area contributed by atoms with Gasteiger partial charge in [0.1, 0.15) is 0 Å². The summed E-state index contributed by atoms with van der Waals surface area (Å²) >= 11 is 0. The molecule has 0 unspecified atom stereocenters. The minimum absolute atomic E-state index is 0.00442. The molecule has 0 bridgehead atoms. The third-order valence-corrected chi connectivity index (χ3v) is 5.26. The number of ether oxygens (including phenoxy) is 1. The highest BCUT2D eigenvalue weighted by Crippen LogP contribution is 2.21. The van der Waals surface area contributed by atoms with Crippen molar-refractivity contribution in [3.8, 4) is 0 Å². The van der Waals surface area contributed by atoms with Crippen molar-refractivity contribution in [1.29, 1.82) is 0 Å². The number of nitrogens with one attached hydrogen (secondary N) is 1. The first-order valence-electron chi connectivity index (χ1n) is 8.86. The molecule has 0 heterocycles. The van der Waals surface area contributed by atoms with Crippen molar-refractivity contribution in [3.05, 3.63) is 65.7 Å². The van der Waals surface area contributed by atoms with E-state index in [0.717, 1.165) is 5.56 Å². The van der Waals surface area contributed by atoms with Gasteiger partial charge in [-0.15, -0.1) is 0 Å². The van der Waals surface area contributed by atoms with Crippen LogP contribution in [0.4, 0.5) is 0 Å². The number of hydrogen-bond acceptors (Lipinski definition) is 5. The van der Waals surface area contributed by atoms with Crippen molar-refractivity contribution in [2.45, 2.75) is 37.1 Å². The van der Waals surface area contributed by atoms with Crippen molar-refractivity contribution >= 4 is 21.9 Å². The Balaban J connectivity index is 1.90. The fourth-order valence-electron chi connectivity index (χ4n) is 2.77. The molecule has 2 rings (SSSR count). The van der Waals surface area contributed by atoms with Crippen LogP contribution in [0.2, 0.25) is 0 Å². The highest BCUT2D eigenvalue weighted by atomic mass is 32.2. The minimum Gasteiger partial charge on any atom is -0.455 e. The van der Waals surface area contributed by atoms with Gasteiger partial charge in [-0.2, -0.15) is 0 Å². The number of amides is 1. The molecule has 28 heavy (non-hydrogen) atoms. The Kier molecular flexibility index (Phi) is 7.31. The Morgan fingerprint density at radius 2 is 1.64 bits per heavy atom. The van der Waals surface area contributed by atoms with Crippen molar-refractivity contribution in [1.82, 2.24) is 5.32 Å². The standard InChI is InChI=1S/C20H24N2O5S/c1-3-18(16-7-5-4-6-8-16)20(24)27-13-19(23)22-14(2)15-9-11-17(12-10-15)28(21,25)26/h4-12,14,18H,3,13H2,1-2H3,(H,22,23)(H2,21,25,26)/t14-,18-/m1/s1. The first kappa shape index (κ1) is 21.6.